The molecule has 0 aliphatic heterocycles. The van der Waals surface area contributed by atoms with Crippen LogP contribution in [0.15, 0.2) is 21.5 Å². The zero-order valence-electron chi connectivity index (χ0n) is 7.23. The molecule has 0 amide bonds. The summed E-state index contributed by atoms with van der Waals surface area (Å²) in [6, 6.07) is 1.39. The van der Waals surface area contributed by atoms with Crippen LogP contribution >= 0.6 is 0 Å². The molecule has 2 aromatic heterocycles. The number of nitrogens with one attached hydrogen (secondary N) is 1. The van der Waals surface area contributed by atoms with Gasteiger partial charge in [0.2, 0.25) is 0 Å². The summed E-state index contributed by atoms with van der Waals surface area (Å²) in [6.07, 6.45) is 1.31. The van der Waals surface area contributed by atoms with E-state index in [2.05, 4.69) is 14.7 Å². The molecule has 0 aliphatic carbocycles. The van der Waals surface area contributed by atoms with Crippen molar-refractivity contribution in [3.63, 3.8) is 0 Å². The number of rotatable bonds is 1. The number of H-pyrrole nitrogens is 1. The monoisotopic (exact) mass is 194 g/mol. The first-order valence-electron chi connectivity index (χ1n) is 3.78. The van der Waals surface area contributed by atoms with Gasteiger partial charge >= 0.3 is 11.7 Å². The summed E-state index contributed by atoms with van der Waals surface area (Å²) in [5, 5.41) is 0. The molecule has 6 nitrogen and oxygen atoms in total. The molecule has 0 aromatic carbocycles. The molecule has 0 fully saturated rings. The standard InChI is InChI=1S/C8H6N2O4/c1-13-7(11)4-2-5-6(9-3-4)10-8(12)14-5/h2-3H,1H3,(H,9,10,12). The van der Waals surface area contributed by atoms with Gasteiger partial charge in [-0.15, -0.1) is 0 Å². The Hall–Kier alpha value is -2.11. The molecule has 0 atom stereocenters. The summed E-state index contributed by atoms with van der Waals surface area (Å²) < 4.78 is 9.20. The SMILES string of the molecule is COC(=O)c1cnc2[nH]c(=O)oc2c1. The number of fused-ring (bicyclic) bond motifs is 1. The molecule has 0 bridgehead atoms. The van der Waals surface area contributed by atoms with Gasteiger partial charge in [-0.1, -0.05) is 0 Å². The zero-order chi connectivity index (χ0) is 10.1. The van der Waals surface area contributed by atoms with Crippen molar-refractivity contribution in [3.05, 3.63) is 28.4 Å². The van der Waals surface area contributed by atoms with Crippen LogP contribution in [0.5, 0.6) is 0 Å². The van der Waals surface area contributed by atoms with E-state index < -0.39 is 11.7 Å². The Balaban J connectivity index is 2.61. The Morgan fingerprint density at radius 3 is 3.14 bits per heavy atom. The lowest BCUT2D eigenvalue weighted by molar-refractivity contribution is 0.0600. The number of aromatic amines is 1. The third-order valence-corrected chi connectivity index (χ3v) is 1.70. The van der Waals surface area contributed by atoms with Crippen LogP contribution in [0.4, 0.5) is 0 Å². The number of nitrogens with zero attached hydrogens (tertiary/aromatic N) is 1. The van der Waals surface area contributed by atoms with E-state index in [9.17, 15) is 9.59 Å². The predicted molar refractivity (Wildman–Crippen MR) is 46.0 cm³/mol. The highest BCUT2D eigenvalue weighted by Gasteiger charge is 2.09. The lowest BCUT2D eigenvalue weighted by atomic mass is 10.3. The lowest BCUT2D eigenvalue weighted by Gasteiger charge is -1.96. The van der Waals surface area contributed by atoms with E-state index >= 15 is 0 Å². The van der Waals surface area contributed by atoms with E-state index in [1.54, 1.807) is 0 Å². The Morgan fingerprint density at radius 1 is 1.64 bits per heavy atom. The van der Waals surface area contributed by atoms with Crippen LogP contribution in [0.25, 0.3) is 11.2 Å². The van der Waals surface area contributed by atoms with Gasteiger partial charge in [0, 0.05) is 12.3 Å². The van der Waals surface area contributed by atoms with Crippen LogP contribution in [-0.4, -0.2) is 23.0 Å². The molecule has 0 unspecified atom stereocenters. The highest BCUT2D eigenvalue weighted by atomic mass is 16.5. The van der Waals surface area contributed by atoms with Gasteiger partial charge in [-0.05, 0) is 0 Å². The van der Waals surface area contributed by atoms with Crippen LogP contribution in [-0.2, 0) is 4.74 Å². The number of esters is 1. The first-order valence-corrected chi connectivity index (χ1v) is 3.78. The molecule has 2 rings (SSSR count). The summed E-state index contributed by atoms with van der Waals surface area (Å²) in [7, 11) is 1.26. The Labute approximate surface area is 77.5 Å². The van der Waals surface area contributed by atoms with E-state index in [4.69, 9.17) is 4.42 Å². The predicted octanol–water partition coefficient (Wildman–Crippen LogP) is 0.303. The molecule has 6 heteroatoms. The van der Waals surface area contributed by atoms with Crippen LogP contribution in [0.3, 0.4) is 0 Å². The quantitative estimate of drug-likeness (QED) is 0.660. The third kappa shape index (κ3) is 1.26. The van der Waals surface area contributed by atoms with Crippen LogP contribution < -0.4 is 5.76 Å². The normalized spacial score (nSPS) is 10.4. The van der Waals surface area contributed by atoms with Crippen molar-refractivity contribution in [2.24, 2.45) is 0 Å². The van der Waals surface area contributed by atoms with Gasteiger partial charge in [0.15, 0.2) is 11.2 Å². The summed E-state index contributed by atoms with van der Waals surface area (Å²) >= 11 is 0. The average Bonchev–Trinajstić information content (AvgIpc) is 2.55. The fourth-order valence-corrected chi connectivity index (χ4v) is 1.07. The van der Waals surface area contributed by atoms with Gasteiger partial charge < -0.3 is 9.15 Å². The fraction of sp³-hybridized carbons (Fsp3) is 0.125. The molecule has 0 saturated heterocycles. The molecule has 0 spiro atoms. The second-order valence-electron chi connectivity index (χ2n) is 2.58. The molecule has 0 radical (unpaired) electrons. The summed E-state index contributed by atoms with van der Waals surface area (Å²) in [6.45, 7) is 0. The van der Waals surface area contributed by atoms with Crippen molar-refractivity contribution in [2.75, 3.05) is 7.11 Å². The Morgan fingerprint density at radius 2 is 2.43 bits per heavy atom. The van der Waals surface area contributed by atoms with Crippen molar-refractivity contribution in [3.8, 4) is 0 Å². The molecule has 0 aliphatic rings. The lowest BCUT2D eigenvalue weighted by Crippen LogP contribution is -2.01. The van der Waals surface area contributed by atoms with Crippen LogP contribution in [0.2, 0.25) is 0 Å². The molecule has 72 valence electrons. The third-order valence-electron chi connectivity index (χ3n) is 1.70. The number of oxazole rings is 1. The minimum absolute atomic E-state index is 0.234. The first-order chi connectivity index (χ1) is 6.70. The molecule has 2 aromatic rings. The smallest absolute Gasteiger partial charge is 0.418 e. The summed E-state index contributed by atoms with van der Waals surface area (Å²) in [4.78, 5) is 28.0. The van der Waals surface area contributed by atoms with Gasteiger partial charge in [-0.3, -0.25) is 4.98 Å². The van der Waals surface area contributed by atoms with Crippen molar-refractivity contribution in [2.45, 2.75) is 0 Å². The number of methoxy groups -OCH3 is 1. The van der Waals surface area contributed by atoms with E-state index in [-0.39, 0.29) is 11.1 Å². The molecule has 0 saturated carbocycles. The van der Waals surface area contributed by atoms with Gasteiger partial charge in [-0.25, -0.2) is 14.6 Å². The maximum absolute atomic E-state index is 11.1. The van der Waals surface area contributed by atoms with Gasteiger partial charge in [0.1, 0.15) is 0 Å². The summed E-state index contributed by atoms with van der Waals surface area (Å²) in [5.41, 5.74) is 0.781. The van der Waals surface area contributed by atoms with Crippen LogP contribution in [0, 0.1) is 0 Å². The molecular weight excluding hydrogens is 188 g/mol. The molecular formula is C8H6N2O4. The Kier molecular flexibility index (Phi) is 1.81. The van der Waals surface area contributed by atoms with Crippen molar-refractivity contribution < 1.29 is 13.9 Å². The number of ether oxygens (including phenoxy) is 1. The number of hydrogen-bond donors (Lipinski definition) is 1. The number of carbonyl (C=O) groups excluding carboxylic acids is 1. The molecule has 14 heavy (non-hydrogen) atoms. The van der Waals surface area contributed by atoms with Gasteiger partial charge in [-0.2, -0.15) is 0 Å². The van der Waals surface area contributed by atoms with E-state index in [1.165, 1.54) is 19.4 Å². The number of pyridine rings is 1. The van der Waals surface area contributed by atoms with Crippen molar-refractivity contribution in [1.29, 1.82) is 0 Å². The number of hydrogen-bond acceptors (Lipinski definition) is 5. The van der Waals surface area contributed by atoms with E-state index in [0.29, 0.717) is 5.65 Å². The van der Waals surface area contributed by atoms with Crippen LogP contribution in [0.1, 0.15) is 10.4 Å². The van der Waals surface area contributed by atoms with Crippen molar-refractivity contribution in [1.82, 2.24) is 9.97 Å². The zero-order valence-corrected chi connectivity index (χ0v) is 7.23. The maximum atomic E-state index is 11.1. The average molecular weight is 194 g/mol. The summed E-state index contributed by atoms with van der Waals surface area (Å²) in [5.74, 6) is -1.13. The largest absolute Gasteiger partial charge is 0.465 e. The first kappa shape index (κ1) is 8.49. The number of carbonyl (C=O) groups is 1. The highest BCUT2D eigenvalue weighted by molar-refractivity contribution is 5.91. The van der Waals surface area contributed by atoms with Crippen molar-refractivity contribution >= 4 is 17.2 Å². The second kappa shape index (κ2) is 2.99. The van der Waals surface area contributed by atoms with Gasteiger partial charge in [0.05, 0.1) is 12.7 Å². The maximum Gasteiger partial charge on any atom is 0.418 e. The fourth-order valence-electron chi connectivity index (χ4n) is 1.07. The molecule has 1 N–H and O–H groups in total. The minimum Gasteiger partial charge on any atom is -0.465 e. The van der Waals surface area contributed by atoms with E-state index in [0.717, 1.165) is 0 Å². The highest BCUT2D eigenvalue weighted by Crippen LogP contribution is 2.09. The van der Waals surface area contributed by atoms with E-state index in [1.807, 2.05) is 0 Å². The minimum atomic E-state index is -0.602. The molecule has 2 heterocycles. The second-order valence-corrected chi connectivity index (χ2v) is 2.58. The topological polar surface area (TPSA) is 85.2 Å². The number of aromatic nitrogens is 2. The Bertz CT molecular complexity index is 540. The van der Waals surface area contributed by atoms with Gasteiger partial charge in [0.25, 0.3) is 0 Å².